The van der Waals surface area contributed by atoms with Crippen molar-refractivity contribution in [3.63, 3.8) is 0 Å². The SMILES string of the molecule is CC1(C)OB(B2OC(C)(C)C(C)(C)O2)OC1(C)C.CC1(C)OB(c2cccc3c2-c2ccccc2C32c3ccccc3Oc3c(-c4ccc(C#N)cc4)cccc32)OC1(C)C.N#Cc1ccc(-c2cccc3c2Oc2ccccc2C32c3ccccc3-c3c(Cl)cccc32)cc1. The number of nitrogens with zero attached hydrogens (tertiary/aromatic N) is 2. The second kappa shape index (κ2) is 22.6. The molecule has 2 aliphatic carbocycles. The van der Waals surface area contributed by atoms with Crippen molar-refractivity contribution < 1.29 is 37.4 Å². The number of fused-ring (bicyclic) bond motifs is 18. The molecule has 3 saturated heterocycles. The Labute approximate surface area is 569 Å². The predicted molar refractivity (Wildman–Crippen MR) is 381 cm³/mol. The van der Waals surface area contributed by atoms with E-state index in [0.29, 0.717) is 11.1 Å². The van der Waals surface area contributed by atoms with Crippen LogP contribution in [0.3, 0.4) is 0 Å². The molecule has 0 bridgehead atoms. The monoisotopic (exact) mass is 1280 g/mol. The molecule has 474 valence electrons. The van der Waals surface area contributed by atoms with Gasteiger partial charge in [0.05, 0.1) is 67.7 Å². The molecule has 96 heavy (non-hydrogen) atoms. The summed E-state index contributed by atoms with van der Waals surface area (Å²) in [6.07, 6.45) is 0. The normalized spacial score (nSPS) is 21.0. The Bertz CT molecular complexity index is 4820. The highest BCUT2D eigenvalue weighted by molar-refractivity contribution is 7.11. The van der Waals surface area contributed by atoms with Gasteiger partial charge in [0.25, 0.3) is 0 Å². The van der Waals surface area contributed by atoms with Gasteiger partial charge in [0.1, 0.15) is 23.0 Å². The second-order valence-corrected chi connectivity index (χ2v) is 29.2. The van der Waals surface area contributed by atoms with Crippen LogP contribution in [0.4, 0.5) is 0 Å². The average Bonchev–Trinajstić information content (AvgIpc) is 1.54. The molecule has 17 rings (SSSR count). The Hall–Kier alpha value is -8.98. The third kappa shape index (κ3) is 9.45. The number of hydrogen-bond acceptors (Lipinski definition) is 10. The molecular weight excluding hydrogens is 1210 g/mol. The van der Waals surface area contributed by atoms with Crippen molar-refractivity contribution in [2.45, 2.75) is 128 Å². The van der Waals surface area contributed by atoms with Crippen LogP contribution in [0, 0.1) is 22.7 Å². The topological polar surface area (TPSA) is 121 Å². The molecule has 0 radical (unpaired) electrons. The summed E-state index contributed by atoms with van der Waals surface area (Å²) in [5, 5.41) is 19.4. The molecule has 3 fully saturated rings. The summed E-state index contributed by atoms with van der Waals surface area (Å²) in [5.41, 5.74) is 16.5. The van der Waals surface area contributed by atoms with Gasteiger partial charge in [-0.1, -0.05) is 188 Å². The van der Waals surface area contributed by atoms with Gasteiger partial charge in [-0.15, -0.1) is 0 Å². The maximum Gasteiger partial charge on any atom is 0.495 e. The van der Waals surface area contributed by atoms with Crippen molar-refractivity contribution in [3.05, 3.63) is 279 Å². The summed E-state index contributed by atoms with van der Waals surface area (Å²) in [6.45, 7) is 24.6. The first-order chi connectivity index (χ1) is 45.9. The number of halogens is 1. The quantitative estimate of drug-likeness (QED) is 0.157. The van der Waals surface area contributed by atoms with Gasteiger partial charge < -0.3 is 37.4 Å². The Balaban J connectivity index is 0.000000128. The summed E-state index contributed by atoms with van der Waals surface area (Å²) in [5.74, 6) is 3.33. The van der Waals surface area contributed by atoms with Crippen molar-refractivity contribution in [3.8, 4) is 79.6 Å². The Morgan fingerprint density at radius 1 is 0.312 bits per heavy atom. The van der Waals surface area contributed by atoms with E-state index in [0.717, 1.165) is 94.7 Å². The first-order valence-corrected chi connectivity index (χ1v) is 33.3. The Morgan fingerprint density at radius 2 is 0.635 bits per heavy atom. The zero-order chi connectivity index (χ0) is 67.1. The molecule has 0 saturated carbocycles. The van der Waals surface area contributed by atoms with Crippen LogP contribution in [0.1, 0.15) is 139 Å². The fourth-order valence-electron chi connectivity index (χ4n) is 15.0. The lowest BCUT2D eigenvalue weighted by atomic mass is 9.49. The predicted octanol–water partition coefficient (Wildman–Crippen LogP) is 18.6. The van der Waals surface area contributed by atoms with Gasteiger partial charge in [-0.2, -0.15) is 10.5 Å². The van der Waals surface area contributed by atoms with E-state index in [1.807, 2.05) is 134 Å². The molecule has 0 N–H and O–H groups in total. The van der Waals surface area contributed by atoms with Crippen LogP contribution in [0.2, 0.25) is 5.02 Å². The largest absolute Gasteiger partial charge is 0.495 e. The summed E-state index contributed by atoms with van der Waals surface area (Å²) >= 11 is 6.85. The molecule has 10 aromatic rings. The number of ether oxygens (including phenoxy) is 2. The lowest BCUT2D eigenvalue weighted by molar-refractivity contribution is 0.00578. The van der Waals surface area contributed by atoms with Crippen molar-refractivity contribution in [1.29, 1.82) is 10.5 Å². The summed E-state index contributed by atoms with van der Waals surface area (Å²) in [4.78, 5) is 0. The van der Waals surface area contributed by atoms with Crippen LogP contribution in [0.5, 0.6) is 23.0 Å². The summed E-state index contributed by atoms with van der Waals surface area (Å²) in [6, 6.07) is 79.3. The minimum atomic E-state index is -0.613. The second-order valence-electron chi connectivity index (χ2n) is 28.8. The maximum absolute atomic E-state index is 9.39. The van der Waals surface area contributed by atoms with E-state index in [-0.39, 0.29) is 22.4 Å². The van der Waals surface area contributed by atoms with Crippen LogP contribution >= 0.6 is 11.6 Å². The maximum atomic E-state index is 9.39. The number of hydrogen-bond donors (Lipinski definition) is 0. The highest BCUT2D eigenvalue weighted by atomic mass is 35.5. The molecule has 10 nitrogen and oxygen atoms in total. The van der Waals surface area contributed by atoms with E-state index < -0.39 is 43.2 Å². The molecule has 0 aromatic heterocycles. The fraction of sp³-hybridized carbons (Fsp3) is 0.244. The molecule has 0 amide bonds. The van der Waals surface area contributed by atoms with Crippen molar-refractivity contribution in [2.24, 2.45) is 0 Å². The first-order valence-electron chi connectivity index (χ1n) is 32.9. The first kappa shape index (κ1) is 63.1. The number of nitriles is 2. The number of rotatable bonds is 4. The van der Waals surface area contributed by atoms with E-state index in [1.165, 1.54) is 27.8 Å². The average molecular weight is 1280 g/mol. The lowest BCUT2D eigenvalue weighted by Crippen LogP contribution is -2.41. The van der Waals surface area contributed by atoms with Gasteiger partial charge in [-0.05, 0) is 181 Å². The van der Waals surface area contributed by atoms with Gasteiger partial charge >= 0.3 is 21.1 Å². The summed E-state index contributed by atoms with van der Waals surface area (Å²) < 4.78 is 50.6. The molecule has 14 heteroatoms. The van der Waals surface area contributed by atoms with E-state index >= 15 is 0 Å². The zero-order valence-electron chi connectivity index (χ0n) is 56.1. The van der Waals surface area contributed by atoms with Crippen LogP contribution in [-0.2, 0) is 38.8 Å². The molecule has 5 heterocycles. The van der Waals surface area contributed by atoms with E-state index in [2.05, 4.69) is 179 Å². The van der Waals surface area contributed by atoms with E-state index in [1.54, 1.807) is 0 Å². The molecule has 10 aromatic carbocycles. The molecule has 5 aliphatic heterocycles. The molecule has 2 unspecified atom stereocenters. The highest BCUT2D eigenvalue weighted by Gasteiger charge is 2.64. The lowest BCUT2D eigenvalue weighted by Gasteiger charge is -2.40. The Kier molecular flexibility index (Phi) is 14.8. The smallest absolute Gasteiger partial charge is 0.456 e. The van der Waals surface area contributed by atoms with Crippen LogP contribution in [-0.4, -0.2) is 54.7 Å². The van der Waals surface area contributed by atoms with E-state index in [4.69, 9.17) is 49.0 Å². The number of para-hydroxylation sites is 4. The van der Waals surface area contributed by atoms with Gasteiger partial charge in [-0.3, -0.25) is 0 Å². The third-order valence-corrected chi connectivity index (χ3v) is 22.2. The van der Waals surface area contributed by atoms with Crippen LogP contribution in [0.15, 0.2) is 218 Å². The van der Waals surface area contributed by atoms with Gasteiger partial charge in [0.15, 0.2) is 0 Å². The molecule has 2 atom stereocenters. The van der Waals surface area contributed by atoms with Gasteiger partial charge in [0, 0.05) is 44.0 Å². The van der Waals surface area contributed by atoms with E-state index in [9.17, 15) is 10.5 Å². The molecule has 2 spiro atoms. The van der Waals surface area contributed by atoms with Crippen LogP contribution in [0.25, 0.3) is 44.5 Å². The van der Waals surface area contributed by atoms with Crippen LogP contribution < -0.4 is 14.9 Å². The zero-order valence-corrected chi connectivity index (χ0v) is 56.8. The standard InChI is InChI=1S/C38H30BNO3.C32H18ClNO.C12H24B2O4/c1-36(2)37(3,4)43-39(42-36)32-17-10-15-30-34(32)27-11-5-6-13-28(27)38(30)29-14-7-8-18-33(29)41-35-26(12-9-16-31(35)38)25-21-19-24(23-40)20-22-25;33-28-13-6-11-26-30(28)23-7-1-2-9-24(23)32(26)25-10-3-4-14-29(25)35-31-22(8-5-12-27(31)32)21-17-15-20(19-34)16-18-21;1-9(2)10(3,4)16-13(15-9)14-17-11(5,6)12(7,8)18-14/h5-22H,1-4H3;1-18H;1-8H3. The van der Waals surface area contributed by atoms with Crippen molar-refractivity contribution in [1.82, 2.24) is 0 Å². The van der Waals surface area contributed by atoms with Crippen molar-refractivity contribution in [2.75, 3.05) is 0 Å². The van der Waals surface area contributed by atoms with Crippen molar-refractivity contribution >= 4 is 38.2 Å². The molecular formula is C82H72B3ClN2O8. The van der Waals surface area contributed by atoms with Gasteiger partial charge in [0.2, 0.25) is 0 Å². The minimum absolute atomic E-state index is 0.360. The third-order valence-electron chi connectivity index (χ3n) is 21.9. The Morgan fingerprint density at radius 3 is 1.06 bits per heavy atom. The number of benzene rings is 10. The molecule has 7 aliphatic rings. The van der Waals surface area contributed by atoms with Gasteiger partial charge in [-0.25, -0.2) is 0 Å². The highest BCUT2D eigenvalue weighted by Crippen LogP contribution is 2.66. The summed E-state index contributed by atoms with van der Waals surface area (Å²) in [7, 11) is -1.45. The minimum Gasteiger partial charge on any atom is -0.456 e. The fourth-order valence-corrected chi connectivity index (χ4v) is 15.3.